The van der Waals surface area contributed by atoms with Crippen molar-refractivity contribution in [1.82, 2.24) is 41.8 Å². The van der Waals surface area contributed by atoms with E-state index in [0.29, 0.717) is 24.0 Å². The number of guanidine groups is 2. The number of nitrogens with one attached hydrogen (secondary N) is 7. The van der Waals surface area contributed by atoms with Crippen molar-refractivity contribution < 1.29 is 38.4 Å². The van der Waals surface area contributed by atoms with Gasteiger partial charge in [0, 0.05) is 68.0 Å². The third-order valence-corrected chi connectivity index (χ3v) is 14.2. The van der Waals surface area contributed by atoms with Crippen molar-refractivity contribution in [3.8, 4) is 0 Å². The molecule has 384 valence electrons. The second kappa shape index (κ2) is 27.4. The SMILES string of the molecule is CC(=O)N[C@@H](CCCN=C(N)N)C(=O)NC1CCSSC[C@@H](C(N)=O)NC(=O)[C@H](Cc2c[nH]c3ccccc23)NC(=O)[C@H](CCCN=C(N)N)NC(=O)[C@@H](Cc2ccccc2)NC(=O)[C@@H]2CCCN2C1=O. The summed E-state index contributed by atoms with van der Waals surface area (Å²) in [5.41, 5.74) is 30.0. The highest BCUT2D eigenvalue weighted by Gasteiger charge is 2.40. The lowest BCUT2D eigenvalue weighted by molar-refractivity contribution is -0.142. The molecular formula is C46H65N15O8S2. The van der Waals surface area contributed by atoms with Crippen LogP contribution in [0.15, 0.2) is 70.8 Å². The molecule has 2 aromatic carbocycles. The van der Waals surface area contributed by atoms with Crippen LogP contribution in [-0.4, -0.2) is 142 Å². The summed E-state index contributed by atoms with van der Waals surface area (Å²) in [6.07, 6.45) is 3.05. The smallest absolute Gasteiger partial charge is 0.245 e. The molecule has 25 heteroatoms. The van der Waals surface area contributed by atoms with Gasteiger partial charge >= 0.3 is 0 Å². The molecule has 0 radical (unpaired) electrons. The molecule has 2 saturated heterocycles. The first-order valence-corrected chi connectivity index (χ1v) is 25.8. The van der Waals surface area contributed by atoms with E-state index in [-0.39, 0.29) is 88.0 Å². The summed E-state index contributed by atoms with van der Waals surface area (Å²) in [7, 11) is 2.43. The topological polar surface area (TPSA) is 383 Å². The molecule has 0 spiro atoms. The number of primary amides is 1. The second-order valence-corrected chi connectivity index (χ2v) is 19.8. The van der Waals surface area contributed by atoms with Gasteiger partial charge in [0.15, 0.2) is 11.9 Å². The van der Waals surface area contributed by atoms with E-state index in [1.807, 2.05) is 24.3 Å². The number of aromatic nitrogens is 1. The standard InChI is InChI=1S/C46H65N15O8S2/c1-26(62)55-31(14-7-18-52-45(48)49)39(64)57-33-17-21-70-71-25-36(38(47)63)60-42(67)35(23-28-24-54-30-13-6-5-12-29(28)30)58-40(65)32(15-8-19-53-46(50)51)56-41(66)34(22-27-10-3-2-4-11-27)59-43(68)37-16-9-20-61(37)44(33)69/h2-6,10-13,24,31-37,54H,7-9,14-23,25H2,1H3,(H2,47,63)(H,55,62)(H,56,66)(H,57,64)(H,58,65)(H,59,68)(H,60,67)(H4,48,49,52)(H4,50,51,53)/t31-,32-,33?,34+,35-,36-,37-/m0/s1. The summed E-state index contributed by atoms with van der Waals surface area (Å²) in [5.74, 6) is -5.51. The molecule has 2 fully saturated rings. The van der Waals surface area contributed by atoms with E-state index in [2.05, 4.69) is 46.9 Å². The maximum Gasteiger partial charge on any atom is 0.245 e. The summed E-state index contributed by atoms with van der Waals surface area (Å²) in [4.78, 5) is 124. The molecule has 8 amide bonds. The third-order valence-electron chi connectivity index (χ3n) is 11.8. The summed E-state index contributed by atoms with van der Waals surface area (Å²) in [5, 5.41) is 17.4. The van der Waals surface area contributed by atoms with Gasteiger partial charge in [-0.2, -0.15) is 0 Å². The Labute approximate surface area is 419 Å². The molecule has 17 N–H and O–H groups in total. The van der Waals surface area contributed by atoms with Crippen molar-refractivity contribution >= 4 is 91.7 Å². The Hall–Kier alpha value is -7.02. The van der Waals surface area contributed by atoms with Crippen LogP contribution in [0.2, 0.25) is 0 Å². The van der Waals surface area contributed by atoms with Crippen molar-refractivity contribution in [1.29, 1.82) is 0 Å². The van der Waals surface area contributed by atoms with Gasteiger partial charge in [0.05, 0.1) is 0 Å². The van der Waals surface area contributed by atoms with E-state index in [9.17, 15) is 38.4 Å². The highest BCUT2D eigenvalue weighted by molar-refractivity contribution is 8.76. The number of H-pyrrole nitrogens is 1. The number of nitrogens with two attached hydrogens (primary N) is 5. The summed E-state index contributed by atoms with van der Waals surface area (Å²) < 4.78 is 0. The Bertz CT molecular complexity index is 2410. The molecule has 2 aliphatic heterocycles. The van der Waals surface area contributed by atoms with Gasteiger partial charge in [-0.15, -0.1) is 0 Å². The van der Waals surface area contributed by atoms with Crippen LogP contribution in [0.1, 0.15) is 63.0 Å². The number of aliphatic imine (C=N–C) groups is 2. The highest BCUT2D eigenvalue weighted by atomic mass is 33.1. The molecular weight excluding hydrogens is 955 g/mol. The van der Waals surface area contributed by atoms with Gasteiger partial charge in [0.25, 0.3) is 0 Å². The zero-order valence-electron chi connectivity index (χ0n) is 39.5. The van der Waals surface area contributed by atoms with Crippen LogP contribution in [0.25, 0.3) is 10.9 Å². The van der Waals surface area contributed by atoms with E-state index in [1.54, 1.807) is 36.5 Å². The van der Waals surface area contributed by atoms with Crippen LogP contribution in [0.4, 0.5) is 0 Å². The number of amides is 8. The molecule has 2 aliphatic rings. The quantitative estimate of drug-likeness (QED) is 0.0328. The van der Waals surface area contributed by atoms with Crippen molar-refractivity contribution in [2.45, 2.75) is 107 Å². The number of benzene rings is 2. The zero-order chi connectivity index (χ0) is 51.5. The lowest BCUT2D eigenvalue weighted by Crippen LogP contribution is -2.60. The predicted octanol–water partition coefficient (Wildman–Crippen LogP) is -1.75. The molecule has 71 heavy (non-hydrogen) atoms. The number of aromatic amines is 1. The normalized spacial score (nSPS) is 22.3. The Morgan fingerprint density at radius 3 is 2.10 bits per heavy atom. The number of nitrogens with zero attached hydrogens (tertiary/aromatic N) is 3. The van der Waals surface area contributed by atoms with Crippen molar-refractivity contribution in [2.24, 2.45) is 38.7 Å². The van der Waals surface area contributed by atoms with E-state index >= 15 is 0 Å². The van der Waals surface area contributed by atoms with E-state index in [1.165, 1.54) is 33.4 Å². The molecule has 1 unspecified atom stereocenters. The fourth-order valence-corrected chi connectivity index (χ4v) is 10.5. The first-order chi connectivity index (χ1) is 34.0. The Morgan fingerprint density at radius 2 is 1.39 bits per heavy atom. The van der Waals surface area contributed by atoms with Crippen molar-refractivity contribution in [2.75, 3.05) is 31.1 Å². The molecule has 5 rings (SSSR count). The van der Waals surface area contributed by atoms with E-state index in [4.69, 9.17) is 28.7 Å². The Morgan fingerprint density at radius 1 is 0.761 bits per heavy atom. The lowest BCUT2D eigenvalue weighted by atomic mass is 10.0. The van der Waals surface area contributed by atoms with Crippen LogP contribution in [0.3, 0.4) is 0 Å². The molecule has 0 bridgehead atoms. The average molecular weight is 1020 g/mol. The van der Waals surface area contributed by atoms with Crippen LogP contribution in [0.5, 0.6) is 0 Å². The number of para-hydroxylation sites is 1. The predicted molar refractivity (Wildman–Crippen MR) is 273 cm³/mol. The minimum absolute atomic E-state index is 0.00334. The van der Waals surface area contributed by atoms with Gasteiger partial charge in [-0.05, 0) is 62.1 Å². The molecule has 0 saturated carbocycles. The maximum atomic E-state index is 14.6. The number of fused-ring (bicyclic) bond motifs is 2. The second-order valence-electron chi connectivity index (χ2n) is 17.2. The lowest BCUT2D eigenvalue weighted by Gasteiger charge is -2.31. The largest absolute Gasteiger partial charge is 0.370 e. The van der Waals surface area contributed by atoms with Gasteiger partial charge in [-0.3, -0.25) is 48.3 Å². The van der Waals surface area contributed by atoms with E-state index < -0.39 is 89.6 Å². The van der Waals surface area contributed by atoms with Crippen LogP contribution < -0.4 is 60.6 Å². The molecule has 23 nitrogen and oxygen atoms in total. The van der Waals surface area contributed by atoms with Crippen molar-refractivity contribution in [3.63, 3.8) is 0 Å². The minimum Gasteiger partial charge on any atom is -0.370 e. The number of hydrogen-bond donors (Lipinski definition) is 12. The Balaban J connectivity index is 1.51. The van der Waals surface area contributed by atoms with E-state index in [0.717, 1.165) is 10.9 Å². The Kier molecular flexibility index (Phi) is 21.2. The molecule has 3 aromatic rings. The first-order valence-electron chi connectivity index (χ1n) is 23.3. The summed E-state index contributed by atoms with van der Waals surface area (Å²) in [6.45, 7) is 1.69. The number of carbonyl (C=O) groups is 8. The van der Waals surface area contributed by atoms with Gasteiger partial charge in [0.1, 0.15) is 42.3 Å². The fourth-order valence-electron chi connectivity index (χ4n) is 8.23. The molecule has 0 aliphatic carbocycles. The van der Waals surface area contributed by atoms with Gasteiger partial charge in [-0.25, -0.2) is 0 Å². The fraction of sp³-hybridized carbons (Fsp3) is 0.478. The zero-order valence-corrected chi connectivity index (χ0v) is 41.2. The minimum atomic E-state index is -1.29. The number of rotatable bonds is 16. The number of carbonyl (C=O) groups excluding carboxylic acids is 8. The maximum absolute atomic E-state index is 14.6. The van der Waals surface area contributed by atoms with Gasteiger partial charge in [-0.1, -0.05) is 70.1 Å². The third kappa shape index (κ3) is 17.1. The van der Waals surface area contributed by atoms with Crippen LogP contribution in [0, 0.1) is 0 Å². The summed E-state index contributed by atoms with van der Waals surface area (Å²) in [6, 6.07) is 7.90. The summed E-state index contributed by atoms with van der Waals surface area (Å²) >= 11 is 0. The van der Waals surface area contributed by atoms with Crippen LogP contribution in [-0.2, 0) is 51.2 Å². The molecule has 7 atom stereocenters. The van der Waals surface area contributed by atoms with Crippen LogP contribution >= 0.6 is 21.6 Å². The van der Waals surface area contributed by atoms with Gasteiger partial charge < -0.3 is 70.5 Å². The monoisotopic (exact) mass is 1020 g/mol. The van der Waals surface area contributed by atoms with Gasteiger partial charge in [0.2, 0.25) is 47.3 Å². The highest BCUT2D eigenvalue weighted by Crippen LogP contribution is 2.26. The molecule has 3 heterocycles. The molecule has 1 aromatic heterocycles. The van der Waals surface area contributed by atoms with Crippen molar-refractivity contribution in [3.05, 3.63) is 71.9 Å². The average Bonchev–Trinajstić information content (AvgIpc) is 3.99. The first kappa shape index (κ1) is 54.9. The number of hydrogen-bond acceptors (Lipinski definition) is 12.